The van der Waals surface area contributed by atoms with E-state index in [1.165, 1.54) is 24.3 Å². The molecule has 2 N–H and O–H groups in total. The number of nitrogens with one attached hydrogen (secondary N) is 1. The Morgan fingerprint density at radius 1 is 1.14 bits per heavy atom. The van der Waals surface area contributed by atoms with Gasteiger partial charge in [0.2, 0.25) is 0 Å². The van der Waals surface area contributed by atoms with Crippen molar-refractivity contribution in [2.75, 3.05) is 4.72 Å². The predicted molar refractivity (Wildman–Crippen MR) is 75.6 cm³/mol. The second kappa shape index (κ2) is 5.71. The van der Waals surface area contributed by atoms with Crippen molar-refractivity contribution in [3.05, 3.63) is 58.9 Å². The van der Waals surface area contributed by atoms with E-state index in [1.807, 2.05) is 4.72 Å². The highest BCUT2D eigenvalue weighted by atomic mass is 35.5. The number of carboxylic acids is 1. The third kappa shape index (κ3) is 3.50. The van der Waals surface area contributed by atoms with Crippen molar-refractivity contribution in [2.45, 2.75) is 4.90 Å². The summed E-state index contributed by atoms with van der Waals surface area (Å²) in [7, 11) is -3.98. The van der Waals surface area contributed by atoms with Crippen molar-refractivity contribution in [3.8, 4) is 0 Å². The van der Waals surface area contributed by atoms with Crippen molar-refractivity contribution in [1.82, 2.24) is 0 Å². The van der Waals surface area contributed by atoms with E-state index in [-0.39, 0.29) is 16.1 Å². The summed E-state index contributed by atoms with van der Waals surface area (Å²) in [6.07, 6.45) is 0. The van der Waals surface area contributed by atoms with E-state index in [1.54, 1.807) is 0 Å². The van der Waals surface area contributed by atoms with E-state index >= 15 is 0 Å². The largest absolute Gasteiger partial charge is 0.478 e. The molecule has 5 nitrogen and oxygen atoms in total. The molecule has 2 rings (SSSR count). The van der Waals surface area contributed by atoms with Crippen molar-refractivity contribution in [1.29, 1.82) is 0 Å². The Kier molecular flexibility index (Phi) is 4.15. The maximum absolute atomic E-state index is 13.7. The van der Waals surface area contributed by atoms with Crippen molar-refractivity contribution < 1.29 is 22.7 Å². The number of anilines is 1. The Hall–Kier alpha value is -2.12. The Labute approximate surface area is 125 Å². The van der Waals surface area contributed by atoms with E-state index in [4.69, 9.17) is 16.7 Å². The van der Waals surface area contributed by atoms with Gasteiger partial charge in [0.05, 0.1) is 16.1 Å². The predicted octanol–water partition coefficient (Wildman–Crippen LogP) is 2.98. The molecule has 0 fully saturated rings. The van der Waals surface area contributed by atoms with Crippen LogP contribution in [0.25, 0.3) is 0 Å². The molecule has 0 saturated heterocycles. The number of carbonyl (C=O) groups is 1. The zero-order chi connectivity index (χ0) is 15.6. The molecule has 0 heterocycles. The van der Waals surface area contributed by atoms with Crippen LogP contribution in [0.5, 0.6) is 0 Å². The van der Waals surface area contributed by atoms with E-state index < -0.39 is 21.8 Å². The van der Waals surface area contributed by atoms with Gasteiger partial charge in [0.1, 0.15) is 5.82 Å². The Balaban J connectivity index is 2.32. The van der Waals surface area contributed by atoms with Gasteiger partial charge in [0.15, 0.2) is 0 Å². The number of carboxylic acid groups (broad SMARTS) is 1. The van der Waals surface area contributed by atoms with E-state index in [9.17, 15) is 17.6 Å². The zero-order valence-electron chi connectivity index (χ0n) is 10.4. The molecule has 0 aliphatic rings. The van der Waals surface area contributed by atoms with Crippen molar-refractivity contribution in [3.63, 3.8) is 0 Å². The van der Waals surface area contributed by atoms with Gasteiger partial charge in [-0.3, -0.25) is 4.72 Å². The normalized spacial score (nSPS) is 11.1. The molecule has 0 amide bonds. The van der Waals surface area contributed by atoms with Gasteiger partial charge in [-0.2, -0.15) is 0 Å². The number of hydrogen-bond acceptors (Lipinski definition) is 3. The lowest BCUT2D eigenvalue weighted by atomic mass is 10.2. The molecule has 0 spiro atoms. The smallest absolute Gasteiger partial charge is 0.335 e. The third-order valence-electron chi connectivity index (χ3n) is 2.58. The van der Waals surface area contributed by atoms with E-state index in [0.29, 0.717) is 5.02 Å². The Bertz CT molecular complexity index is 790. The SMILES string of the molecule is O=C(O)c1ccc(NS(=O)(=O)c2ccc(Cl)cc2)c(F)c1. The van der Waals surface area contributed by atoms with Crippen molar-refractivity contribution >= 4 is 33.3 Å². The van der Waals surface area contributed by atoms with Crippen LogP contribution < -0.4 is 4.72 Å². The second-order valence-corrected chi connectivity index (χ2v) is 6.18. The molecule has 8 heteroatoms. The van der Waals surface area contributed by atoms with Crippen LogP contribution >= 0.6 is 11.6 Å². The van der Waals surface area contributed by atoms with Gasteiger partial charge >= 0.3 is 5.97 Å². The van der Waals surface area contributed by atoms with Gasteiger partial charge in [-0.15, -0.1) is 0 Å². The van der Waals surface area contributed by atoms with Crippen LogP contribution in [0, 0.1) is 5.82 Å². The molecule has 0 atom stereocenters. The third-order valence-corrected chi connectivity index (χ3v) is 4.22. The highest BCUT2D eigenvalue weighted by molar-refractivity contribution is 7.92. The summed E-state index contributed by atoms with van der Waals surface area (Å²) in [5, 5.41) is 9.09. The number of aromatic carboxylic acids is 1. The first-order valence-electron chi connectivity index (χ1n) is 5.61. The summed E-state index contributed by atoms with van der Waals surface area (Å²) >= 11 is 5.66. The van der Waals surface area contributed by atoms with E-state index in [0.717, 1.165) is 18.2 Å². The zero-order valence-corrected chi connectivity index (χ0v) is 12.0. The molecule has 0 unspecified atom stereocenters. The first-order chi connectivity index (χ1) is 9.79. The standard InChI is InChI=1S/C13H9ClFNO4S/c14-9-2-4-10(5-3-9)21(19,20)16-12-6-1-8(13(17)18)7-11(12)15/h1-7,16H,(H,17,18). The minimum Gasteiger partial charge on any atom is -0.478 e. The minimum absolute atomic E-state index is 0.0892. The van der Waals surface area contributed by atoms with Gasteiger partial charge < -0.3 is 5.11 Å². The van der Waals surface area contributed by atoms with Crippen LogP contribution in [0.3, 0.4) is 0 Å². The summed E-state index contributed by atoms with van der Waals surface area (Å²) in [5.41, 5.74) is -0.614. The first-order valence-corrected chi connectivity index (χ1v) is 7.47. The van der Waals surface area contributed by atoms with Crippen LogP contribution in [-0.4, -0.2) is 19.5 Å². The molecular formula is C13H9ClFNO4S. The van der Waals surface area contributed by atoms with Gasteiger partial charge in [-0.05, 0) is 42.5 Å². The van der Waals surface area contributed by atoms with Crippen LogP contribution in [0.1, 0.15) is 10.4 Å². The molecule has 2 aromatic rings. The fraction of sp³-hybridized carbons (Fsp3) is 0. The summed E-state index contributed by atoms with van der Waals surface area (Å²) in [6.45, 7) is 0. The average molecular weight is 330 g/mol. The molecule has 21 heavy (non-hydrogen) atoms. The highest BCUT2D eigenvalue weighted by Gasteiger charge is 2.17. The number of benzene rings is 2. The number of halogens is 2. The van der Waals surface area contributed by atoms with Gasteiger partial charge in [0, 0.05) is 5.02 Å². The summed E-state index contributed by atoms with van der Waals surface area (Å²) < 4.78 is 39.9. The Morgan fingerprint density at radius 3 is 2.29 bits per heavy atom. The fourth-order valence-corrected chi connectivity index (χ4v) is 2.74. The summed E-state index contributed by atoms with van der Waals surface area (Å²) in [4.78, 5) is 10.6. The topological polar surface area (TPSA) is 83.5 Å². The Morgan fingerprint density at radius 2 is 1.76 bits per heavy atom. The van der Waals surface area contributed by atoms with Crippen LogP contribution in [0.4, 0.5) is 10.1 Å². The monoisotopic (exact) mass is 329 g/mol. The molecule has 2 aromatic carbocycles. The number of sulfonamides is 1. The molecule has 0 saturated carbocycles. The fourth-order valence-electron chi connectivity index (χ4n) is 1.55. The quantitative estimate of drug-likeness (QED) is 0.903. The lowest BCUT2D eigenvalue weighted by molar-refractivity contribution is 0.0696. The summed E-state index contributed by atoms with van der Waals surface area (Å²) in [5.74, 6) is -2.28. The second-order valence-electron chi connectivity index (χ2n) is 4.06. The molecule has 0 radical (unpaired) electrons. The van der Waals surface area contributed by atoms with Crippen molar-refractivity contribution in [2.24, 2.45) is 0 Å². The summed E-state index contributed by atoms with van der Waals surface area (Å²) in [6, 6.07) is 8.21. The van der Waals surface area contributed by atoms with E-state index in [2.05, 4.69) is 0 Å². The number of rotatable bonds is 4. The van der Waals surface area contributed by atoms with Gasteiger partial charge in [0.25, 0.3) is 10.0 Å². The van der Waals surface area contributed by atoms with Gasteiger partial charge in [-0.1, -0.05) is 11.6 Å². The average Bonchev–Trinajstić information content (AvgIpc) is 2.41. The molecule has 110 valence electrons. The lowest BCUT2D eigenvalue weighted by Crippen LogP contribution is -2.14. The molecule has 0 bridgehead atoms. The molecule has 0 aromatic heterocycles. The van der Waals surface area contributed by atoms with Crippen LogP contribution in [0.15, 0.2) is 47.4 Å². The molecule has 0 aliphatic carbocycles. The maximum Gasteiger partial charge on any atom is 0.335 e. The maximum atomic E-state index is 13.7. The van der Waals surface area contributed by atoms with Crippen LogP contribution in [-0.2, 0) is 10.0 Å². The van der Waals surface area contributed by atoms with Gasteiger partial charge in [-0.25, -0.2) is 17.6 Å². The lowest BCUT2D eigenvalue weighted by Gasteiger charge is -2.09. The number of hydrogen-bond donors (Lipinski definition) is 2. The van der Waals surface area contributed by atoms with Crippen LogP contribution in [0.2, 0.25) is 5.02 Å². The highest BCUT2D eigenvalue weighted by Crippen LogP contribution is 2.21. The first kappa shape index (κ1) is 15.3. The molecule has 0 aliphatic heterocycles. The minimum atomic E-state index is -3.98. The molecular weight excluding hydrogens is 321 g/mol.